The van der Waals surface area contributed by atoms with Gasteiger partial charge in [0.05, 0.1) is 12.2 Å². The van der Waals surface area contributed by atoms with Crippen molar-refractivity contribution in [2.24, 2.45) is 18.0 Å². The second kappa shape index (κ2) is 6.69. The lowest BCUT2D eigenvalue weighted by Crippen LogP contribution is -2.46. The van der Waals surface area contributed by atoms with Crippen LogP contribution in [0.1, 0.15) is 32.4 Å². The fraction of sp³-hybridized carbons (Fsp3) is 0.750. The molecule has 0 radical (unpaired) electrons. The van der Waals surface area contributed by atoms with E-state index < -0.39 is 0 Å². The maximum atomic E-state index is 4.72. The number of aryl methyl sites for hydroxylation is 1. The zero-order valence-corrected chi connectivity index (χ0v) is 13.9. The molecule has 0 aromatic carbocycles. The zero-order chi connectivity index (χ0) is 15.5. The molecular weight excluding hydrogens is 276 g/mol. The SMILES string of the molecule is CCNC(=NCc1ccnn1C)NC1CN(C2CC2)CC1C. The standard InChI is InChI=1S/C16H28N6/c1-4-17-16(18-9-14-7-8-19-21(14)3)20-15-11-22(10-12(15)2)13-5-6-13/h7-8,12-13,15H,4-6,9-11H2,1-3H3,(H2,17,18,20). The number of likely N-dealkylation sites (tertiary alicyclic amines) is 1. The molecule has 2 atom stereocenters. The summed E-state index contributed by atoms with van der Waals surface area (Å²) in [5.41, 5.74) is 1.12. The van der Waals surface area contributed by atoms with E-state index in [1.54, 1.807) is 0 Å². The summed E-state index contributed by atoms with van der Waals surface area (Å²) in [6, 6.07) is 3.35. The number of hydrogen-bond acceptors (Lipinski definition) is 3. The molecule has 1 saturated heterocycles. The highest BCUT2D eigenvalue weighted by Crippen LogP contribution is 2.31. The molecule has 1 saturated carbocycles. The maximum absolute atomic E-state index is 4.72. The summed E-state index contributed by atoms with van der Waals surface area (Å²) in [4.78, 5) is 7.35. The molecule has 0 bridgehead atoms. The molecule has 2 fully saturated rings. The average molecular weight is 304 g/mol. The van der Waals surface area contributed by atoms with Crippen LogP contribution >= 0.6 is 0 Å². The second-order valence-electron chi connectivity index (χ2n) is 6.55. The topological polar surface area (TPSA) is 57.5 Å². The van der Waals surface area contributed by atoms with Crippen molar-refractivity contribution in [3.8, 4) is 0 Å². The van der Waals surface area contributed by atoms with Crippen molar-refractivity contribution in [2.75, 3.05) is 19.6 Å². The first-order chi connectivity index (χ1) is 10.7. The van der Waals surface area contributed by atoms with Crippen LogP contribution in [0.2, 0.25) is 0 Å². The normalized spacial score (nSPS) is 26.4. The van der Waals surface area contributed by atoms with Crippen molar-refractivity contribution in [2.45, 2.75) is 45.3 Å². The highest BCUT2D eigenvalue weighted by molar-refractivity contribution is 5.80. The van der Waals surface area contributed by atoms with E-state index in [1.165, 1.54) is 19.4 Å². The van der Waals surface area contributed by atoms with E-state index in [9.17, 15) is 0 Å². The maximum Gasteiger partial charge on any atom is 0.191 e. The fourth-order valence-corrected chi connectivity index (χ4v) is 3.14. The van der Waals surface area contributed by atoms with Crippen LogP contribution in [0.25, 0.3) is 0 Å². The third-order valence-corrected chi connectivity index (χ3v) is 4.69. The molecule has 1 aliphatic carbocycles. The number of aliphatic imine (C=N–C) groups is 1. The molecule has 2 unspecified atom stereocenters. The molecule has 2 aliphatic rings. The highest BCUT2D eigenvalue weighted by atomic mass is 15.3. The lowest BCUT2D eigenvalue weighted by Gasteiger charge is -2.20. The summed E-state index contributed by atoms with van der Waals surface area (Å²) >= 11 is 0. The van der Waals surface area contributed by atoms with E-state index in [2.05, 4.69) is 34.5 Å². The Morgan fingerprint density at radius 3 is 2.86 bits per heavy atom. The summed E-state index contributed by atoms with van der Waals surface area (Å²) in [7, 11) is 1.96. The van der Waals surface area contributed by atoms with Gasteiger partial charge in [-0.3, -0.25) is 9.58 Å². The Hall–Kier alpha value is -1.56. The van der Waals surface area contributed by atoms with Crippen LogP contribution in [0.4, 0.5) is 0 Å². The Morgan fingerprint density at radius 1 is 1.41 bits per heavy atom. The van der Waals surface area contributed by atoms with E-state index in [0.29, 0.717) is 18.5 Å². The number of hydrogen-bond donors (Lipinski definition) is 2. The first-order valence-corrected chi connectivity index (χ1v) is 8.43. The van der Waals surface area contributed by atoms with Crippen molar-refractivity contribution < 1.29 is 0 Å². The molecule has 1 aromatic rings. The van der Waals surface area contributed by atoms with Crippen molar-refractivity contribution >= 4 is 5.96 Å². The van der Waals surface area contributed by atoms with Crippen LogP contribution in [0, 0.1) is 5.92 Å². The predicted octanol–water partition coefficient (Wildman–Crippen LogP) is 0.958. The Balaban J connectivity index is 1.59. The first-order valence-electron chi connectivity index (χ1n) is 8.43. The molecule has 0 spiro atoms. The smallest absolute Gasteiger partial charge is 0.191 e. The molecular formula is C16H28N6. The lowest BCUT2D eigenvalue weighted by molar-refractivity contribution is 0.315. The van der Waals surface area contributed by atoms with E-state index in [1.807, 2.05) is 24.0 Å². The lowest BCUT2D eigenvalue weighted by atomic mass is 10.1. The Labute approximate surface area is 133 Å². The predicted molar refractivity (Wildman–Crippen MR) is 88.7 cm³/mol. The molecule has 6 nitrogen and oxygen atoms in total. The van der Waals surface area contributed by atoms with Crippen molar-refractivity contribution in [3.05, 3.63) is 18.0 Å². The van der Waals surface area contributed by atoms with Crippen LogP contribution < -0.4 is 10.6 Å². The van der Waals surface area contributed by atoms with Crippen LogP contribution in [0.5, 0.6) is 0 Å². The van der Waals surface area contributed by atoms with E-state index >= 15 is 0 Å². The minimum Gasteiger partial charge on any atom is -0.357 e. The number of guanidine groups is 1. The van der Waals surface area contributed by atoms with Gasteiger partial charge in [-0.25, -0.2) is 4.99 Å². The van der Waals surface area contributed by atoms with Gasteiger partial charge in [0.1, 0.15) is 0 Å². The van der Waals surface area contributed by atoms with Crippen LogP contribution in [-0.4, -0.2) is 52.4 Å². The van der Waals surface area contributed by atoms with Gasteiger partial charge in [0, 0.05) is 45.0 Å². The summed E-state index contributed by atoms with van der Waals surface area (Å²) in [5.74, 6) is 1.58. The molecule has 2 heterocycles. The van der Waals surface area contributed by atoms with Crippen molar-refractivity contribution in [3.63, 3.8) is 0 Å². The van der Waals surface area contributed by atoms with Gasteiger partial charge in [-0.1, -0.05) is 6.92 Å². The van der Waals surface area contributed by atoms with E-state index in [4.69, 9.17) is 4.99 Å². The van der Waals surface area contributed by atoms with E-state index in [-0.39, 0.29) is 0 Å². The second-order valence-corrected chi connectivity index (χ2v) is 6.55. The van der Waals surface area contributed by atoms with Gasteiger partial charge in [0.2, 0.25) is 0 Å². The quantitative estimate of drug-likeness (QED) is 0.628. The average Bonchev–Trinajstić information content (AvgIpc) is 3.17. The molecule has 22 heavy (non-hydrogen) atoms. The van der Waals surface area contributed by atoms with Gasteiger partial charge >= 0.3 is 0 Å². The fourth-order valence-electron chi connectivity index (χ4n) is 3.14. The summed E-state index contributed by atoms with van der Waals surface area (Å²) < 4.78 is 1.88. The van der Waals surface area contributed by atoms with Crippen LogP contribution in [-0.2, 0) is 13.6 Å². The minimum absolute atomic E-state index is 0.491. The van der Waals surface area contributed by atoms with Gasteiger partial charge in [0.15, 0.2) is 5.96 Å². The Bertz CT molecular complexity index is 518. The zero-order valence-electron chi connectivity index (χ0n) is 13.9. The van der Waals surface area contributed by atoms with Crippen molar-refractivity contribution in [1.82, 2.24) is 25.3 Å². The van der Waals surface area contributed by atoms with E-state index in [0.717, 1.165) is 30.8 Å². The molecule has 6 heteroatoms. The molecule has 3 rings (SSSR count). The van der Waals surface area contributed by atoms with Gasteiger partial charge in [-0.15, -0.1) is 0 Å². The molecule has 1 aliphatic heterocycles. The monoisotopic (exact) mass is 304 g/mol. The minimum atomic E-state index is 0.491. The van der Waals surface area contributed by atoms with Crippen LogP contribution in [0.3, 0.4) is 0 Å². The largest absolute Gasteiger partial charge is 0.357 e. The summed E-state index contributed by atoms with van der Waals surface area (Å²) in [5, 5.41) is 11.2. The molecule has 2 N–H and O–H groups in total. The van der Waals surface area contributed by atoms with Gasteiger partial charge in [-0.05, 0) is 31.7 Å². The molecule has 0 amide bonds. The Kier molecular flexibility index (Phi) is 4.66. The van der Waals surface area contributed by atoms with Crippen molar-refractivity contribution in [1.29, 1.82) is 0 Å². The summed E-state index contributed by atoms with van der Waals surface area (Å²) in [6.07, 6.45) is 4.58. The first kappa shape index (κ1) is 15.3. The highest BCUT2D eigenvalue weighted by Gasteiger charge is 2.38. The number of aromatic nitrogens is 2. The number of nitrogens with zero attached hydrogens (tertiary/aromatic N) is 4. The molecule has 1 aromatic heterocycles. The third-order valence-electron chi connectivity index (χ3n) is 4.69. The van der Waals surface area contributed by atoms with Gasteiger partial charge in [-0.2, -0.15) is 5.10 Å². The Morgan fingerprint density at radius 2 is 2.23 bits per heavy atom. The number of rotatable bonds is 5. The van der Waals surface area contributed by atoms with Gasteiger partial charge < -0.3 is 10.6 Å². The number of nitrogens with one attached hydrogen (secondary N) is 2. The van der Waals surface area contributed by atoms with Crippen LogP contribution in [0.15, 0.2) is 17.3 Å². The van der Waals surface area contributed by atoms with Gasteiger partial charge in [0.25, 0.3) is 0 Å². The third kappa shape index (κ3) is 3.61. The summed E-state index contributed by atoms with van der Waals surface area (Å²) in [6.45, 7) is 8.33. The molecule has 122 valence electrons.